The van der Waals surface area contributed by atoms with Gasteiger partial charge in [0.25, 0.3) is 0 Å². The van der Waals surface area contributed by atoms with Crippen LogP contribution >= 0.6 is 0 Å². The Hall–Kier alpha value is -0.875. The van der Waals surface area contributed by atoms with Crippen molar-refractivity contribution in [2.75, 3.05) is 7.05 Å². The van der Waals surface area contributed by atoms with Crippen LogP contribution in [-0.4, -0.2) is 49.6 Å². The standard InChI is InChI=1S/C10H13BNO4/c1-9-4-3-6(9)12(2)7(9)10(5-13)8(14)15-11-16-10/h5-7H,3-4H2,1-2H3. The molecule has 1 saturated carbocycles. The number of likely N-dealkylation sites (tertiary alicyclic amines) is 1. The maximum atomic E-state index is 11.7. The number of carbonyl (C=O) groups excluding carboxylic acids is 2. The summed E-state index contributed by atoms with van der Waals surface area (Å²) in [5.74, 6) is -0.592. The highest BCUT2D eigenvalue weighted by atomic mass is 16.7. The van der Waals surface area contributed by atoms with E-state index in [9.17, 15) is 9.59 Å². The normalized spacial score (nSPS) is 50.8. The molecule has 5 nitrogen and oxygen atoms in total. The Morgan fingerprint density at radius 2 is 2.38 bits per heavy atom. The number of hydrogen-bond donors (Lipinski definition) is 0. The van der Waals surface area contributed by atoms with Crippen LogP contribution in [0, 0.1) is 5.41 Å². The van der Waals surface area contributed by atoms with Crippen LogP contribution < -0.4 is 0 Å². The fraction of sp³-hybridized carbons (Fsp3) is 0.800. The summed E-state index contributed by atoms with van der Waals surface area (Å²) in [4.78, 5) is 25.0. The highest BCUT2D eigenvalue weighted by Gasteiger charge is 2.72. The Labute approximate surface area is 94.4 Å². The van der Waals surface area contributed by atoms with E-state index in [1.165, 1.54) is 0 Å². The van der Waals surface area contributed by atoms with Crippen LogP contribution in [0.1, 0.15) is 19.8 Å². The molecule has 3 fully saturated rings. The van der Waals surface area contributed by atoms with Gasteiger partial charge in [-0.2, -0.15) is 0 Å². The van der Waals surface area contributed by atoms with Crippen LogP contribution in [-0.2, 0) is 18.9 Å². The van der Waals surface area contributed by atoms with Gasteiger partial charge in [-0.25, -0.2) is 0 Å². The lowest BCUT2D eigenvalue weighted by atomic mass is 9.50. The monoisotopic (exact) mass is 222 g/mol. The number of piperidine rings is 1. The predicted molar refractivity (Wildman–Crippen MR) is 54.4 cm³/mol. The third-order valence-corrected chi connectivity index (χ3v) is 4.54. The zero-order valence-corrected chi connectivity index (χ0v) is 9.30. The SMILES string of the molecule is CN1C2CCC2(C)C1C1(C=O)O[B]OC1=O. The van der Waals surface area contributed by atoms with E-state index in [0.29, 0.717) is 12.3 Å². The van der Waals surface area contributed by atoms with Crippen molar-refractivity contribution >= 4 is 19.9 Å². The molecule has 85 valence electrons. The molecule has 4 unspecified atom stereocenters. The lowest BCUT2D eigenvalue weighted by Crippen LogP contribution is -2.81. The molecule has 0 aromatic carbocycles. The van der Waals surface area contributed by atoms with E-state index in [4.69, 9.17) is 4.65 Å². The van der Waals surface area contributed by atoms with Crippen molar-refractivity contribution in [2.45, 2.75) is 37.5 Å². The summed E-state index contributed by atoms with van der Waals surface area (Å²) in [7, 11) is 2.90. The van der Waals surface area contributed by atoms with Crippen LogP contribution in [0.25, 0.3) is 0 Å². The molecule has 0 spiro atoms. The van der Waals surface area contributed by atoms with Crippen LogP contribution in [0.2, 0.25) is 0 Å². The molecular weight excluding hydrogens is 209 g/mol. The van der Waals surface area contributed by atoms with Crippen LogP contribution in [0.5, 0.6) is 0 Å². The maximum Gasteiger partial charge on any atom is 0.575 e. The summed E-state index contributed by atoms with van der Waals surface area (Å²) < 4.78 is 9.86. The van der Waals surface area contributed by atoms with Crippen molar-refractivity contribution in [3.05, 3.63) is 0 Å². The predicted octanol–water partition coefficient (Wildman–Crippen LogP) is -0.486. The minimum Gasteiger partial charge on any atom is -0.508 e. The molecule has 0 aromatic rings. The lowest BCUT2D eigenvalue weighted by molar-refractivity contribution is -0.229. The molecule has 2 heterocycles. The summed E-state index contributed by atoms with van der Waals surface area (Å²) >= 11 is 0. The Morgan fingerprint density at radius 3 is 2.75 bits per heavy atom. The Kier molecular flexibility index (Phi) is 1.84. The molecule has 2 saturated heterocycles. The molecule has 0 aromatic heterocycles. The first-order valence-electron chi connectivity index (χ1n) is 5.45. The van der Waals surface area contributed by atoms with E-state index in [-0.39, 0.29) is 11.5 Å². The van der Waals surface area contributed by atoms with Crippen LogP contribution in [0.4, 0.5) is 0 Å². The molecule has 4 atom stereocenters. The number of aldehydes is 1. The number of fused-ring (bicyclic) bond motifs is 1. The topological polar surface area (TPSA) is 55.8 Å². The number of hydrogen-bond acceptors (Lipinski definition) is 5. The first kappa shape index (κ1) is 10.3. The van der Waals surface area contributed by atoms with Gasteiger partial charge in [0.2, 0.25) is 5.60 Å². The van der Waals surface area contributed by atoms with E-state index in [0.717, 1.165) is 20.5 Å². The Balaban J connectivity index is 1.97. The van der Waals surface area contributed by atoms with Crippen molar-refractivity contribution in [3.8, 4) is 0 Å². The Morgan fingerprint density at radius 1 is 1.62 bits per heavy atom. The third kappa shape index (κ3) is 0.869. The molecule has 0 amide bonds. The van der Waals surface area contributed by atoms with Gasteiger partial charge in [-0.3, -0.25) is 14.5 Å². The number of rotatable bonds is 2. The zero-order valence-electron chi connectivity index (χ0n) is 9.30. The summed E-state index contributed by atoms with van der Waals surface area (Å²) in [5, 5.41) is 0. The number of carbonyl (C=O) groups is 2. The minimum atomic E-state index is -1.44. The van der Waals surface area contributed by atoms with E-state index >= 15 is 0 Å². The summed E-state index contributed by atoms with van der Waals surface area (Å²) in [5.41, 5.74) is -1.44. The molecule has 0 bridgehead atoms. The largest absolute Gasteiger partial charge is 0.575 e. The summed E-state index contributed by atoms with van der Waals surface area (Å²) in [6, 6.07) is 0.258. The first-order chi connectivity index (χ1) is 7.56. The molecule has 3 rings (SSSR count). The second kappa shape index (κ2) is 2.87. The number of nitrogens with zero attached hydrogens (tertiary/aromatic N) is 1. The molecule has 1 aliphatic carbocycles. The maximum absolute atomic E-state index is 11.7. The van der Waals surface area contributed by atoms with Crippen LogP contribution in [0.3, 0.4) is 0 Å². The summed E-state index contributed by atoms with van der Waals surface area (Å²) in [6.07, 6.45) is 2.73. The second-order valence-electron chi connectivity index (χ2n) is 5.16. The fourth-order valence-electron chi connectivity index (χ4n) is 3.68. The average Bonchev–Trinajstić information content (AvgIpc) is 2.60. The van der Waals surface area contributed by atoms with Gasteiger partial charge in [0.15, 0.2) is 6.29 Å². The smallest absolute Gasteiger partial charge is 0.508 e. The summed E-state index contributed by atoms with van der Waals surface area (Å²) in [6.45, 7) is 2.10. The van der Waals surface area contributed by atoms with E-state index in [1.54, 1.807) is 0 Å². The molecule has 2 aliphatic heterocycles. The molecule has 6 heteroatoms. The molecule has 16 heavy (non-hydrogen) atoms. The van der Waals surface area contributed by atoms with Gasteiger partial charge in [-0.05, 0) is 19.9 Å². The average molecular weight is 222 g/mol. The Bertz CT molecular complexity index is 376. The van der Waals surface area contributed by atoms with E-state index in [1.807, 2.05) is 7.05 Å². The zero-order chi connectivity index (χ0) is 11.6. The quantitative estimate of drug-likeness (QED) is 0.358. The molecule has 1 radical (unpaired) electrons. The van der Waals surface area contributed by atoms with Crippen molar-refractivity contribution in [1.82, 2.24) is 4.90 Å². The van der Waals surface area contributed by atoms with Crippen LogP contribution in [0.15, 0.2) is 0 Å². The highest BCUT2D eigenvalue weighted by Crippen LogP contribution is 2.60. The fourth-order valence-corrected chi connectivity index (χ4v) is 3.68. The third-order valence-electron chi connectivity index (χ3n) is 4.54. The van der Waals surface area contributed by atoms with Gasteiger partial charge in [0.05, 0.1) is 6.04 Å². The molecular formula is C10H13BNO4. The van der Waals surface area contributed by atoms with Gasteiger partial charge in [0.1, 0.15) is 0 Å². The lowest BCUT2D eigenvalue weighted by Gasteiger charge is -2.70. The second-order valence-corrected chi connectivity index (χ2v) is 5.16. The molecule has 0 N–H and O–H groups in total. The van der Waals surface area contributed by atoms with E-state index in [2.05, 4.69) is 16.5 Å². The van der Waals surface area contributed by atoms with Crippen molar-refractivity contribution in [1.29, 1.82) is 0 Å². The number of likely N-dealkylation sites (N-methyl/N-ethyl adjacent to an activating group) is 1. The van der Waals surface area contributed by atoms with Crippen molar-refractivity contribution in [3.63, 3.8) is 0 Å². The minimum absolute atomic E-state index is 0.00681. The van der Waals surface area contributed by atoms with Gasteiger partial charge in [0, 0.05) is 11.5 Å². The highest BCUT2D eigenvalue weighted by molar-refractivity contribution is 6.30. The van der Waals surface area contributed by atoms with Gasteiger partial charge >= 0.3 is 13.7 Å². The van der Waals surface area contributed by atoms with Gasteiger partial charge < -0.3 is 9.31 Å². The first-order valence-corrected chi connectivity index (χ1v) is 5.45. The van der Waals surface area contributed by atoms with Gasteiger partial charge in [-0.15, -0.1) is 0 Å². The van der Waals surface area contributed by atoms with Gasteiger partial charge in [-0.1, -0.05) is 6.92 Å². The van der Waals surface area contributed by atoms with E-state index < -0.39 is 11.6 Å². The molecule has 3 aliphatic rings. The van der Waals surface area contributed by atoms with Crippen molar-refractivity contribution < 1.29 is 18.9 Å². The van der Waals surface area contributed by atoms with Crippen molar-refractivity contribution in [2.24, 2.45) is 5.41 Å².